The van der Waals surface area contributed by atoms with Crippen molar-refractivity contribution in [3.63, 3.8) is 0 Å². The molecule has 2 aromatic rings. The molecule has 8 heteroatoms. The van der Waals surface area contributed by atoms with Crippen LogP contribution in [0.4, 0.5) is 5.69 Å². The molecule has 1 fully saturated rings. The van der Waals surface area contributed by atoms with Gasteiger partial charge in [0.1, 0.15) is 9.77 Å². The number of anilines is 1. The monoisotopic (exact) mass is 398 g/mol. The Morgan fingerprint density at radius 2 is 1.92 bits per heavy atom. The van der Waals surface area contributed by atoms with Crippen molar-refractivity contribution in [2.75, 3.05) is 18.4 Å². The first-order chi connectivity index (χ1) is 11.9. The van der Waals surface area contributed by atoms with Crippen LogP contribution in [-0.2, 0) is 10.0 Å². The number of nitrogens with one attached hydrogen (secondary N) is 1. The van der Waals surface area contributed by atoms with Crippen molar-refractivity contribution in [3.05, 3.63) is 45.1 Å². The van der Waals surface area contributed by atoms with Crippen LogP contribution in [0.5, 0.6) is 0 Å². The standard InChI is InChI=1S/C17H19ClN2O3S2/c1-12-5-6-13(18)11-14(12)19-17(21)16-15(7-10-24-16)25(22,23)20-8-3-2-4-9-20/h5-7,10-11H,2-4,8-9H2,1H3,(H,19,21). The van der Waals surface area contributed by atoms with E-state index in [0.29, 0.717) is 23.8 Å². The topological polar surface area (TPSA) is 66.5 Å². The molecule has 2 heterocycles. The number of nitrogens with zero attached hydrogens (tertiary/aromatic N) is 1. The Labute approximate surface area is 156 Å². The average Bonchev–Trinajstić information content (AvgIpc) is 3.09. The third-order valence-electron chi connectivity index (χ3n) is 4.22. The molecular weight excluding hydrogens is 380 g/mol. The van der Waals surface area contributed by atoms with Gasteiger partial charge < -0.3 is 5.32 Å². The number of piperidine rings is 1. The smallest absolute Gasteiger partial charge is 0.267 e. The number of halogens is 1. The molecule has 1 N–H and O–H groups in total. The Kier molecular flexibility index (Phi) is 5.48. The summed E-state index contributed by atoms with van der Waals surface area (Å²) in [5.41, 5.74) is 1.43. The van der Waals surface area contributed by atoms with E-state index in [1.807, 2.05) is 6.92 Å². The van der Waals surface area contributed by atoms with Crippen LogP contribution in [0.3, 0.4) is 0 Å². The number of hydrogen-bond donors (Lipinski definition) is 1. The molecule has 1 saturated heterocycles. The third kappa shape index (κ3) is 3.89. The Morgan fingerprint density at radius 3 is 2.64 bits per heavy atom. The third-order valence-corrected chi connectivity index (χ3v) is 7.43. The van der Waals surface area contributed by atoms with Crippen molar-refractivity contribution in [1.82, 2.24) is 4.31 Å². The van der Waals surface area contributed by atoms with E-state index in [2.05, 4.69) is 5.32 Å². The molecule has 1 aromatic carbocycles. The first-order valence-corrected chi connectivity index (χ1v) is 10.7. The lowest BCUT2D eigenvalue weighted by atomic mass is 10.2. The van der Waals surface area contributed by atoms with Crippen LogP contribution in [-0.4, -0.2) is 31.7 Å². The van der Waals surface area contributed by atoms with E-state index < -0.39 is 15.9 Å². The highest BCUT2D eigenvalue weighted by Gasteiger charge is 2.31. The minimum Gasteiger partial charge on any atom is -0.321 e. The maximum atomic E-state index is 12.9. The highest BCUT2D eigenvalue weighted by atomic mass is 35.5. The second kappa shape index (κ2) is 7.45. The summed E-state index contributed by atoms with van der Waals surface area (Å²) >= 11 is 7.11. The summed E-state index contributed by atoms with van der Waals surface area (Å²) in [6.07, 6.45) is 2.75. The predicted octanol–water partition coefficient (Wildman–Crippen LogP) is 4.14. The van der Waals surface area contributed by atoms with Gasteiger partial charge in [-0.2, -0.15) is 4.31 Å². The van der Waals surface area contributed by atoms with Gasteiger partial charge in [0, 0.05) is 23.8 Å². The first kappa shape index (κ1) is 18.4. The molecule has 0 spiro atoms. The molecule has 0 radical (unpaired) electrons. The van der Waals surface area contributed by atoms with Gasteiger partial charge in [-0.3, -0.25) is 4.79 Å². The Morgan fingerprint density at radius 1 is 1.20 bits per heavy atom. The van der Waals surface area contributed by atoms with Crippen molar-refractivity contribution in [3.8, 4) is 0 Å². The minimum absolute atomic E-state index is 0.0802. The molecule has 0 unspecified atom stereocenters. The molecule has 0 aliphatic carbocycles. The number of sulfonamides is 1. The summed E-state index contributed by atoms with van der Waals surface area (Å²) < 4.78 is 27.2. The molecule has 1 aliphatic heterocycles. The molecule has 1 amide bonds. The van der Waals surface area contributed by atoms with Gasteiger partial charge in [0.2, 0.25) is 10.0 Å². The summed E-state index contributed by atoms with van der Waals surface area (Å²) in [5.74, 6) is -0.434. The zero-order chi connectivity index (χ0) is 18.0. The number of benzene rings is 1. The molecule has 1 aliphatic rings. The number of aryl methyl sites for hydroxylation is 1. The normalized spacial score (nSPS) is 15.9. The van der Waals surface area contributed by atoms with Gasteiger partial charge in [-0.25, -0.2) is 8.42 Å². The lowest BCUT2D eigenvalue weighted by Crippen LogP contribution is -2.36. The van der Waals surface area contributed by atoms with Crippen LogP contribution in [0.15, 0.2) is 34.5 Å². The van der Waals surface area contributed by atoms with Crippen LogP contribution in [0, 0.1) is 6.92 Å². The van der Waals surface area contributed by atoms with E-state index in [4.69, 9.17) is 11.6 Å². The summed E-state index contributed by atoms with van der Waals surface area (Å²) in [6.45, 7) is 2.87. The van der Waals surface area contributed by atoms with Gasteiger partial charge in [-0.1, -0.05) is 24.1 Å². The molecule has 1 aromatic heterocycles. The predicted molar refractivity (Wildman–Crippen MR) is 101 cm³/mol. The van der Waals surface area contributed by atoms with Gasteiger partial charge in [0.05, 0.1) is 0 Å². The quantitative estimate of drug-likeness (QED) is 0.841. The molecule has 25 heavy (non-hydrogen) atoms. The van der Waals surface area contributed by atoms with E-state index in [9.17, 15) is 13.2 Å². The first-order valence-electron chi connectivity index (χ1n) is 8.05. The molecule has 5 nitrogen and oxygen atoms in total. The van der Waals surface area contributed by atoms with Crippen molar-refractivity contribution >= 4 is 44.6 Å². The molecular formula is C17H19ClN2O3S2. The Balaban J connectivity index is 1.88. The van der Waals surface area contributed by atoms with Crippen LogP contribution in [0.25, 0.3) is 0 Å². The zero-order valence-electron chi connectivity index (χ0n) is 13.8. The highest BCUT2D eigenvalue weighted by molar-refractivity contribution is 7.89. The fourth-order valence-corrected chi connectivity index (χ4v) is 5.80. The largest absolute Gasteiger partial charge is 0.321 e. The number of carbonyl (C=O) groups excluding carboxylic acids is 1. The van der Waals surface area contributed by atoms with E-state index >= 15 is 0 Å². The van der Waals surface area contributed by atoms with Gasteiger partial charge in [0.25, 0.3) is 5.91 Å². The number of rotatable bonds is 4. The van der Waals surface area contributed by atoms with Gasteiger partial charge in [-0.05, 0) is 48.9 Å². The minimum atomic E-state index is -3.65. The van der Waals surface area contributed by atoms with Crippen molar-refractivity contribution in [2.45, 2.75) is 31.1 Å². The van der Waals surface area contributed by atoms with E-state index in [1.165, 1.54) is 10.4 Å². The van der Waals surface area contributed by atoms with Gasteiger partial charge in [-0.15, -0.1) is 11.3 Å². The van der Waals surface area contributed by atoms with Crippen LogP contribution >= 0.6 is 22.9 Å². The van der Waals surface area contributed by atoms with Crippen LogP contribution in [0.2, 0.25) is 5.02 Å². The summed E-state index contributed by atoms with van der Waals surface area (Å²) in [4.78, 5) is 12.9. The fraction of sp³-hybridized carbons (Fsp3) is 0.353. The van der Waals surface area contributed by atoms with Gasteiger partial charge in [0.15, 0.2) is 0 Å². The Hall–Kier alpha value is -1.41. The molecule has 0 saturated carbocycles. The highest BCUT2D eigenvalue weighted by Crippen LogP contribution is 2.29. The maximum Gasteiger partial charge on any atom is 0.267 e. The van der Waals surface area contributed by atoms with E-state index in [-0.39, 0.29) is 9.77 Å². The Bertz CT molecular complexity index is 887. The second-order valence-corrected chi connectivity index (χ2v) is 9.25. The SMILES string of the molecule is Cc1ccc(Cl)cc1NC(=O)c1sccc1S(=O)(=O)N1CCCCC1. The second-order valence-electron chi connectivity index (χ2n) is 5.99. The summed E-state index contributed by atoms with van der Waals surface area (Å²) in [7, 11) is -3.65. The average molecular weight is 399 g/mol. The number of hydrogen-bond acceptors (Lipinski definition) is 4. The molecule has 0 atom stereocenters. The number of carbonyl (C=O) groups is 1. The molecule has 0 bridgehead atoms. The zero-order valence-corrected chi connectivity index (χ0v) is 16.2. The lowest BCUT2D eigenvalue weighted by molar-refractivity contribution is 0.102. The number of amides is 1. The summed E-state index contributed by atoms with van der Waals surface area (Å²) in [5, 5.41) is 4.92. The van der Waals surface area contributed by atoms with E-state index in [0.717, 1.165) is 36.2 Å². The maximum absolute atomic E-state index is 12.9. The van der Waals surface area contributed by atoms with E-state index in [1.54, 1.807) is 23.6 Å². The van der Waals surface area contributed by atoms with Crippen molar-refractivity contribution in [2.24, 2.45) is 0 Å². The molecule has 134 valence electrons. The summed E-state index contributed by atoms with van der Waals surface area (Å²) in [6, 6.07) is 6.71. The number of thiophene rings is 1. The van der Waals surface area contributed by atoms with Crippen LogP contribution < -0.4 is 5.32 Å². The van der Waals surface area contributed by atoms with Crippen LogP contribution in [0.1, 0.15) is 34.5 Å². The van der Waals surface area contributed by atoms with Gasteiger partial charge >= 0.3 is 0 Å². The fourth-order valence-electron chi connectivity index (χ4n) is 2.82. The molecule has 3 rings (SSSR count). The van der Waals surface area contributed by atoms with Crippen molar-refractivity contribution in [1.29, 1.82) is 0 Å². The van der Waals surface area contributed by atoms with Crippen molar-refractivity contribution < 1.29 is 13.2 Å². The lowest BCUT2D eigenvalue weighted by Gasteiger charge is -2.25.